The van der Waals surface area contributed by atoms with Gasteiger partial charge in [0.1, 0.15) is 23.0 Å². The zero-order chi connectivity index (χ0) is 60.9. The summed E-state index contributed by atoms with van der Waals surface area (Å²) in [5.41, 5.74) is 0. The quantitative estimate of drug-likeness (QED) is 0.0417. The third kappa shape index (κ3) is 40.9. The minimum Gasteiger partial charge on any atom is -0.493 e. The predicted octanol–water partition coefficient (Wildman–Crippen LogP) is 29.0. The average molecular weight is 1200 g/mol. The van der Waals surface area contributed by atoms with Crippen molar-refractivity contribution in [3.8, 4) is 23.0 Å². The number of benzene rings is 3. The van der Waals surface area contributed by atoms with Crippen molar-refractivity contribution >= 4 is 21.5 Å². The molecular formula is C82H146O4. The molecule has 0 bridgehead atoms. The van der Waals surface area contributed by atoms with Crippen molar-refractivity contribution in [2.24, 2.45) is 0 Å². The molecule has 3 rings (SSSR count). The summed E-state index contributed by atoms with van der Waals surface area (Å²) in [7, 11) is 0. The van der Waals surface area contributed by atoms with Crippen molar-refractivity contribution < 1.29 is 18.9 Å². The van der Waals surface area contributed by atoms with Crippen LogP contribution in [0.2, 0.25) is 0 Å². The topological polar surface area (TPSA) is 36.9 Å². The van der Waals surface area contributed by atoms with E-state index in [1.54, 1.807) is 0 Å². The highest BCUT2D eigenvalue weighted by atomic mass is 16.5. The molecule has 86 heavy (non-hydrogen) atoms. The van der Waals surface area contributed by atoms with E-state index in [9.17, 15) is 0 Å². The fourth-order valence-corrected chi connectivity index (χ4v) is 13.3. The van der Waals surface area contributed by atoms with Gasteiger partial charge in [-0.15, -0.1) is 0 Å². The molecule has 4 nitrogen and oxygen atoms in total. The third-order valence-corrected chi connectivity index (χ3v) is 19.0. The Morgan fingerprint density at radius 3 is 0.535 bits per heavy atom. The van der Waals surface area contributed by atoms with Gasteiger partial charge in [0.2, 0.25) is 0 Å². The monoisotopic (exact) mass is 1200 g/mol. The minimum absolute atomic E-state index is 0.708. The highest BCUT2D eigenvalue weighted by Crippen LogP contribution is 2.50. The molecule has 0 saturated heterocycles. The second-order valence-electron chi connectivity index (χ2n) is 27.2. The molecule has 3 aromatic carbocycles. The highest BCUT2D eigenvalue weighted by molar-refractivity contribution is 6.15. The molecule has 0 heterocycles. The summed E-state index contributed by atoms with van der Waals surface area (Å²) in [6.07, 6.45) is 81.8. The summed E-state index contributed by atoms with van der Waals surface area (Å²) in [5.74, 6) is 3.76. The van der Waals surface area contributed by atoms with Crippen LogP contribution in [0.25, 0.3) is 21.5 Å². The first kappa shape index (κ1) is 77.6. The fraction of sp³-hybridized carbons (Fsp3) is 0.829. The lowest BCUT2D eigenvalue weighted by molar-refractivity contribution is 0.293. The number of rotatable bonds is 68. The molecule has 0 saturated carbocycles. The number of hydrogen-bond donors (Lipinski definition) is 0. The second kappa shape index (κ2) is 60.0. The Bertz CT molecular complexity index is 1750. The van der Waals surface area contributed by atoms with Crippen molar-refractivity contribution in [1.82, 2.24) is 0 Å². The van der Waals surface area contributed by atoms with Crippen LogP contribution in [0, 0.1) is 0 Å². The van der Waals surface area contributed by atoms with E-state index in [-0.39, 0.29) is 0 Å². The molecule has 498 valence electrons. The Balaban J connectivity index is 1.66. The van der Waals surface area contributed by atoms with Crippen LogP contribution >= 0.6 is 0 Å². The van der Waals surface area contributed by atoms with Gasteiger partial charge in [0.15, 0.2) is 0 Å². The Labute approximate surface area is 536 Å². The van der Waals surface area contributed by atoms with Gasteiger partial charge in [-0.05, 0) is 37.8 Å². The fourth-order valence-electron chi connectivity index (χ4n) is 13.3. The molecule has 0 aliphatic heterocycles. The van der Waals surface area contributed by atoms with Crippen molar-refractivity contribution in [3.63, 3.8) is 0 Å². The van der Waals surface area contributed by atoms with E-state index in [2.05, 4.69) is 64.1 Å². The summed E-state index contributed by atoms with van der Waals surface area (Å²) in [6, 6.07) is 13.3. The third-order valence-electron chi connectivity index (χ3n) is 19.0. The molecule has 0 fully saturated rings. The van der Waals surface area contributed by atoms with Crippen LogP contribution in [0.5, 0.6) is 23.0 Å². The smallest absolute Gasteiger partial charge is 0.139 e. The van der Waals surface area contributed by atoms with E-state index < -0.39 is 0 Å². The van der Waals surface area contributed by atoms with E-state index in [0.717, 1.165) is 83.4 Å². The van der Waals surface area contributed by atoms with Crippen LogP contribution in [0.3, 0.4) is 0 Å². The number of ether oxygens (including phenoxy) is 4. The maximum absolute atomic E-state index is 7.11. The summed E-state index contributed by atoms with van der Waals surface area (Å²) < 4.78 is 28.0. The zero-order valence-corrected chi connectivity index (χ0v) is 58.4. The Morgan fingerprint density at radius 2 is 0.349 bits per heavy atom. The molecule has 0 aromatic heterocycles. The lowest BCUT2D eigenvalue weighted by Crippen LogP contribution is -2.06. The molecule has 0 amide bonds. The van der Waals surface area contributed by atoms with Crippen molar-refractivity contribution in [3.05, 3.63) is 36.4 Å². The lowest BCUT2D eigenvalue weighted by atomic mass is 9.98. The first-order valence-corrected chi connectivity index (χ1v) is 39.3. The summed E-state index contributed by atoms with van der Waals surface area (Å²) in [4.78, 5) is 0. The maximum Gasteiger partial charge on any atom is 0.139 e. The highest BCUT2D eigenvalue weighted by Gasteiger charge is 2.23. The summed E-state index contributed by atoms with van der Waals surface area (Å²) in [6.45, 7) is 12.1. The Kier molecular flexibility index (Phi) is 54.1. The van der Waals surface area contributed by atoms with Crippen LogP contribution < -0.4 is 18.9 Å². The van der Waals surface area contributed by atoms with Gasteiger partial charge < -0.3 is 18.9 Å². The van der Waals surface area contributed by atoms with E-state index in [1.807, 2.05) is 0 Å². The second-order valence-corrected chi connectivity index (χ2v) is 27.2. The molecule has 0 radical (unpaired) electrons. The molecule has 0 N–H and O–H groups in total. The van der Waals surface area contributed by atoms with E-state index in [0.29, 0.717) is 13.2 Å². The Morgan fingerprint density at radius 1 is 0.186 bits per heavy atom. The SMILES string of the molecule is CCCCCCCCCCCCCCCCCOc1cccc2c(OCCCCCCCCCCCCCCCCC)c3c(OCCCCCCCCCCCCCCCCC)cccc3c(OCCCCCCCCCCCCCCCCC)c12. The number of fused-ring (bicyclic) bond motifs is 2. The van der Waals surface area contributed by atoms with Gasteiger partial charge in [0.05, 0.1) is 37.2 Å². The Hall–Kier alpha value is -2.62. The number of hydrogen-bond acceptors (Lipinski definition) is 4. The van der Waals surface area contributed by atoms with Crippen LogP contribution in [0.4, 0.5) is 0 Å². The molecule has 0 aliphatic carbocycles. The standard InChI is InChI=1S/C82H146O4/c1-5-9-13-17-21-25-29-33-37-41-45-49-53-57-61-71-83-77-69-65-67-75-79(77)81(85-73-63-59-55-51-47-43-39-35-31-27-23-19-15-11-7-3)76-68-66-70-78(84-72-62-58-54-50-46-42-38-34-30-26-22-18-14-10-6-2)80(76)82(75)86-74-64-60-56-52-48-44-40-36-32-28-24-20-16-12-8-4/h65-70H,5-64,71-74H2,1-4H3. The first-order chi connectivity index (χ1) is 42.8. The minimum atomic E-state index is 0.708. The van der Waals surface area contributed by atoms with Gasteiger partial charge in [0, 0.05) is 10.8 Å². The van der Waals surface area contributed by atoms with Crippen molar-refractivity contribution in [2.75, 3.05) is 26.4 Å². The first-order valence-electron chi connectivity index (χ1n) is 39.3. The molecule has 0 spiro atoms. The van der Waals surface area contributed by atoms with Crippen molar-refractivity contribution in [2.45, 2.75) is 413 Å². The molecule has 0 aliphatic rings. The van der Waals surface area contributed by atoms with Crippen LogP contribution in [0.1, 0.15) is 413 Å². The largest absolute Gasteiger partial charge is 0.493 e. The molecule has 4 heteroatoms. The van der Waals surface area contributed by atoms with Gasteiger partial charge in [0.25, 0.3) is 0 Å². The van der Waals surface area contributed by atoms with Crippen LogP contribution in [-0.4, -0.2) is 26.4 Å². The zero-order valence-electron chi connectivity index (χ0n) is 58.4. The van der Waals surface area contributed by atoms with Gasteiger partial charge >= 0.3 is 0 Å². The van der Waals surface area contributed by atoms with Gasteiger partial charge in [-0.3, -0.25) is 0 Å². The van der Waals surface area contributed by atoms with Crippen LogP contribution in [-0.2, 0) is 0 Å². The number of unbranched alkanes of at least 4 members (excludes halogenated alkanes) is 56. The van der Waals surface area contributed by atoms with Gasteiger partial charge in [-0.1, -0.05) is 412 Å². The van der Waals surface area contributed by atoms with Crippen LogP contribution in [0.15, 0.2) is 36.4 Å². The predicted molar refractivity (Wildman–Crippen MR) is 383 cm³/mol. The van der Waals surface area contributed by atoms with E-state index >= 15 is 0 Å². The normalized spacial score (nSPS) is 11.7. The van der Waals surface area contributed by atoms with Gasteiger partial charge in [-0.2, -0.15) is 0 Å². The lowest BCUT2D eigenvalue weighted by Gasteiger charge is -2.22. The molecule has 3 aromatic rings. The summed E-state index contributed by atoms with van der Waals surface area (Å²) in [5, 5.41) is 4.35. The van der Waals surface area contributed by atoms with E-state index in [1.165, 1.54) is 360 Å². The average Bonchev–Trinajstić information content (AvgIpc) is 3.03. The maximum atomic E-state index is 7.11. The van der Waals surface area contributed by atoms with Gasteiger partial charge in [-0.25, -0.2) is 0 Å². The summed E-state index contributed by atoms with van der Waals surface area (Å²) >= 11 is 0. The molecular weight excluding hydrogens is 1050 g/mol. The van der Waals surface area contributed by atoms with Crippen molar-refractivity contribution in [1.29, 1.82) is 0 Å². The molecule has 0 unspecified atom stereocenters. The molecule has 0 atom stereocenters. The van der Waals surface area contributed by atoms with E-state index in [4.69, 9.17) is 18.9 Å².